The number of rotatable bonds is 4. The summed E-state index contributed by atoms with van der Waals surface area (Å²) in [6.45, 7) is 3.91. The zero-order valence-electron chi connectivity index (χ0n) is 16.6. The first-order valence-electron chi connectivity index (χ1n) is 9.38. The van der Waals surface area contributed by atoms with Crippen LogP contribution in [0.3, 0.4) is 0 Å². The summed E-state index contributed by atoms with van der Waals surface area (Å²) in [5.41, 5.74) is 2.45. The Morgan fingerprint density at radius 1 is 1.37 bits per heavy atom. The van der Waals surface area contributed by atoms with Crippen LogP contribution in [0.5, 0.6) is 0 Å². The van der Waals surface area contributed by atoms with Crippen molar-refractivity contribution in [1.29, 1.82) is 0 Å². The molecule has 0 radical (unpaired) electrons. The van der Waals surface area contributed by atoms with Crippen LogP contribution < -0.4 is 10.6 Å². The molecule has 0 fully saturated rings. The number of aryl methyl sites for hydroxylation is 2. The molecule has 1 amide bonds. The molecule has 11 heteroatoms. The lowest BCUT2D eigenvalue weighted by Crippen LogP contribution is -2.35. The van der Waals surface area contributed by atoms with Crippen LogP contribution in [0.2, 0.25) is 0 Å². The fourth-order valence-electron chi connectivity index (χ4n) is 3.69. The topological polar surface area (TPSA) is 89.9 Å². The number of anilines is 1. The smallest absolute Gasteiger partial charge is 0.410 e. The van der Waals surface area contributed by atoms with Crippen molar-refractivity contribution < 1.29 is 22.4 Å². The maximum Gasteiger partial charge on any atom is 0.410 e. The number of halogens is 3. The van der Waals surface area contributed by atoms with Gasteiger partial charge in [0.05, 0.1) is 18.0 Å². The number of nitrogens with one attached hydrogen (secondary N) is 2. The van der Waals surface area contributed by atoms with Crippen LogP contribution >= 0.6 is 0 Å². The number of carbonyl (C=O) groups excluding carboxylic acids is 1. The molecule has 2 unspecified atom stereocenters. The van der Waals surface area contributed by atoms with Gasteiger partial charge in [-0.05, 0) is 26.0 Å². The standard InChI is InChI=1S/C19H21F3N6O2/c1-10-12(11(2)27(3)25-10)9-23-18(29)14-8-17-24-13(15-5-4-6-30-15)7-16(19(20,21)22)28(17)26-14/h4-6,8,13,16,24H,7,9H2,1-3H3,(H,23,29). The molecule has 0 spiro atoms. The normalized spacial score (nSPS) is 18.7. The van der Waals surface area contributed by atoms with Gasteiger partial charge in [0.15, 0.2) is 11.7 Å². The number of aromatic nitrogens is 4. The highest BCUT2D eigenvalue weighted by Crippen LogP contribution is 2.43. The molecule has 30 heavy (non-hydrogen) atoms. The highest BCUT2D eigenvalue weighted by molar-refractivity contribution is 5.93. The number of carbonyl (C=O) groups is 1. The number of alkyl halides is 3. The van der Waals surface area contributed by atoms with Gasteiger partial charge in [0, 0.05) is 37.3 Å². The van der Waals surface area contributed by atoms with Crippen LogP contribution in [0.1, 0.15) is 51.7 Å². The Morgan fingerprint density at radius 3 is 2.73 bits per heavy atom. The van der Waals surface area contributed by atoms with Gasteiger partial charge in [-0.1, -0.05) is 0 Å². The number of amides is 1. The molecule has 1 aliphatic heterocycles. The van der Waals surface area contributed by atoms with Crippen LogP contribution in [0.15, 0.2) is 28.9 Å². The number of nitrogens with zero attached hydrogens (tertiary/aromatic N) is 4. The van der Waals surface area contributed by atoms with Crippen molar-refractivity contribution in [2.24, 2.45) is 7.05 Å². The molecule has 160 valence electrons. The fourth-order valence-corrected chi connectivity index (χ4v) is 3.69. The molecule has 0 saturated heterocycles. The van der Waals surface area contributed by atoms with Crippen molar-refractivity contribution in [3.63, 3.8) is 0 Å². The number of fused-ring (bicyclic) bond motifs is 1. The predicted molar refractivity (Wildman–Crippen MR) is 101 cm³/mol. The van der Waals surface area contributed by atoms with Gasteiger partial charge in [-0.15, -0.1) is 0 Å². The highest BCUT2D eigenvalue weighted by Gasteiger charge is 2.47. The summed E-state index contributed by atoms with van der Waals surface area (Å²) in [7, 11) is 1.80. The van der Waals surface area contributed by atoms with Crippen molar-refractivity contribution in [2.45, 2.75) is 45.1 Å². The van der Waals surface area contributed by atoms with Gasteiger partial charge in [0.25, 0.3) is 5.91 Å². The van der Waals surface area contributed by atoms with Crippen LogP contribution in [-0.2, 0) is 13.6 Å². The maximum atomic E-state index is 13.7. The van der Waals surface area contributed by atoms with Crippen LogP contribution in [-0.4, -0.2) is 31.6 Å². The molecule has 4 heterocycles. The molecule has 2 N–H and O–H groups in total. The largest absolute Gasteiger partial charge is 0.467 e. The molecule has 0 aliphatic carbocycles. The molecule has 8 nitrogen and oxygen atoms in total. The minimum atomic E-state index is -4.52. The second kappa shape index (κ2) is 7.22. The second-order valence-electron chi connectivity index (χ2n) is 7.32. The molecule has 0 saturated carbocycles. The van der Waals surface area contributed by atoms with Gasteiger partial charge in [-0.2, -0.15) is 23.4 Å². The van der Waals surface area contributed by atoms with Gasteiger partial charge >= 0.3 is 6.18 Å². The van der Waals surface area contributed by atoms with E-state index >= 15 is 0 Å². The van der Waals surface area contributed by atoms with E-state index in [9.17, 15) is 18.0 Å². The summed E-state index contributed by atoms with van der Waals surface area (Å²) in [6, 6.07) is 2.02. The minimum Gasteiger partial charge on any atom is -0.467 e. The number of furan rings is 1. The van der Waals surface area contributed by atoms with E-state index in [1.54, 1.807) is 23.9 Å². The van der Waals surface area contributed by atoms with Crippen molar-refractivity contribution in [1.82, 2.24) is 24.9 Å². The Bertz CT molecular complexity index is 1070. The van der Waals surface area contributed by atoms with E-state index in [1.807, 2.05) is 13.8 Å². The lowest BCUT2D eigenvalue weighted by atomic mass is 10.0. The Hall–Kier alpha value is -3.24. The van der Waals surface area contributed by atoms with E-state index in [-0.39, 0.29) is 24.5 Å². The molecule has 3 aromatic heterocycles. The molecular weight excluding hydrogens is 401 g/mol. The highest BCUT2D eigenvalue weighted by atomic mass is 19.4. The quantitative estimate of drug-likeness (QED) is 0.673. The van der Waals surface area contributed by atoms with E-state index in [1.165, 1.54) is 12.3 Å². The minimum absolute atomic E-state index is 0.0916. The Morgan fingerprint density at radius 2 is 2.13 bits per heavy atom. The third kappa shape index (κ3) is 3.55. The van der Waals surface area contributed by atoms with Crippen molar-refractivity contribution in [2.75, 3.05) is 5.32 Å². The summed E-state index contributed by atoms with van der Waals surface area (Å²) in [6.07, 6.45) is -3.40. The SMILES string of the molecule is Cc1nn(C)c(C)c1CNC(=O)c1cc2n(n1)C(C(F)(F)F)CC(c1ccco1)N2. The predicted octanol–water partition coefficient (Wildman–Crippen LogP) is 3.42. The zero-order valence-corrected chi connectivity index (χ0v) is 16.6. The molecule has 0 aromatic carbocycles. The Labute approximate surface area is 170 Å². The van der Waals surface area contributed by atoms with E-state index in [2.05, 4.69) is 20.8 Å². The summed E-state index contributed by atoms with van der Waals surface area (Å²) < 4.78 is 48.8. The first kappa shape index (κ1) is 20.0. The van der Waals surface area contributed by atoms with E-state index < -0.39 is 24.2 Å². The van der Waals surface area contributed by atoms with Gasteiger partial charge in [-0.25, -0.2) is 4.68 Å². The Kier molecular flexibility index (Phi) is 4.83. The van der Waals surface area contributed by atoms with E-state index in [0.29, 0.717) is 5.76 Å². The van der Waals surface area contributed by atoms with E-state index in [0.717, 1.165) is 21.6 Å². The van der Waals surface area contributed by atoms with Gasteiger partial charge in [-0.3, -0.25) is 9.48 Å². The van der Waals surface area contributed by atoms with Crippen molar-refractivity contribution in [3.8, 4) is 0 Å². The van der Waals surface area contributed by atoms with Gasteiger partial charge in [0.1, 0.15) is 11.6 Å². The lowest BCUT2D eigenvalue weighted by molar-refractivity contribution is -0.174. The third-order valence-electron chi connectivity index (χ3n) is 5.39. The van der Waals surface area contributed by atoms with Gasteiger partial charge < -0.3 is 15.1 Å². The molecule has 2 atom stereocenters. The zero-order chi connectivity index (χ0) is 21.6. The molecule has 1 aliphatic rings. The Balaban J connectivity index is 1.57. The monoisotopic (exact) mass is 422 g/mol. The van der Waals surface area contributed by atoms with Crippen molar-refractivity contribution in [3.05, 3.63) is 52.9 Å². The number of hydrogen-bond acceptors (Lipinski definition) is 5. The molecule has 4 rings (SSSR count). The van der Waals surface area contributed by atoms with Crippen LogP contribution in [0.4, 0.5) is 19.0 Å². The summed E-state index contributed by atoms with van der Waals surface area (Å²) in [5.74, 6) is -0.0501. The number of hydrogen-bond donors (Lipinski definition) is 2. The van der Waals surface area contributed by atoms with E-state index in [4.69, 9.17) is 4.42 Å². The van der Waals surface area contributed by atoms with Gasteiger partial charge in [0.2, 0.25) is 0 Å². The fraction of sp³-hybridized carbons (Fsp3) is 0.421. The second-order valence-corrected chi connectivity index (χ2v) is 7.32. The van der Waals surface area contributed by atoms with Crippen LogP contribution in [0, 0.1) is 13.8 Å². The van der Waals surface area contributed by atoms with Crippen molar-refractivity contribution >= 4 is 11.7 Å². The van der Waals surface area contributed by atoms with Crippen LogP contribution in [0.25, 0.3) is 0 Å². The molecular formula is C19H21F3N6O2. The molecule has 0 bridgehead atoms. The summed E-state index contributed by atoms with van der Waals surface area (Å²) in [5, 5.41) is 13.9. The first-order chi connectivity index (χ1) is 14.1. The lowest BCUT2D eigenvalue weighted by Gasteiger charge is -2.32. The average Bonchev–Trinajstić information content (AvgIpc) is 3.39. The maximum absolute atomic E-state index is 13.7. The third-order valence-corrected chi connectivity index (χ3v) is 5.39. The first-order valence-corrected chi connectivity index (χ1v) is 9.38. The average molecular weight is 422 g/mol. The molecule has 3 aromatic rings. The summed E-state index contributed by atoms with van der Waals surface area (Å²) in [4.78, 5) is 12.6. The summed E-state index contributed by atoms with van der Waals surface area (Å²) >= 11 is 0.